The van der Waals surface area contributed by atoms with Crippen LogP contribution in [0.5, 0.6) is 0 Å². The number of hydrogen-bond donors (Lipinski definition) is 1. The van der Waals surface area contributed by atoms with Crippen LogP contribution in [0.3, 0.4) is 0 Å². The van der Waals surface area contributed by atoms with E-state index in [0.29, 0.717) is 12.1 Å². The molecule has 1 atom stereocenters. The first-order valence-electron chi connectivity index (χ1n) is 10.8. The van der Waals surface area contributed by atoms with E-state index < -0.39 is 0 Å². The lowest BCUT2D eigenvalue weighted by atomic mass is 10.0. The summed E-state index contributed by atoms with van der Waals surface area (Å²) in [4.78, 5) is 20.0. The van der Waals surface area contributed by atoms with Gasteiger partial charge in [-0.25, -0.2) is 4.79 Å². The van der Waals surface area contributed by atoms with Gasteiger partial charge in [-0.3, -0.25) is 4.90 Å². The number of nitrogens with zero attached hydrogens (tertiary/aromatic N) is 3. The van der Waals surface area contributed by atoms with Crippen molar-refractivity contribution in [2.24, 2.45) is 0 Å². The molecule has 27 heavy (non-hydrogen) atoms. The SMILES string of the molecule is O=C(NC1CCN(Cc2ccccc2)CC1)N1CCCC1CN1CCCC1. The first kappa shape index (κ1) is 18.8. The van der Waals surface area contributed by atoms with Crippen molar-refractivity contribution in [3.8, 4) is 0 Å². The molecule has 148 valence electrons. The third-order valence-corrected chi connectivity index (χ3v) is 6.47. The Morgan fingerprint density at radius 3 is 2.37 bits per heavy atom. The fourth-order valence-electron chi connectivity index (χ4n) is 4.89. The molecule has 5 nitrogen and oxygen atoms in total. The normalized spacial score (nSPS) is 25.2. The van der Waals surface area contributed by atoms with Crippen LogP contribution >= 0.6 is 0 Å². The minimum atomic E-state index is 0.179. The van der Waals surface area contributed by atoms with E-state index in [1.165, 1.54) is 37.9 Å². The molecule has 0 bridgehead atoms. The zero-order valence-corrected chi connectivity index (χ0v) is 16.5. The first-order valence-corrected chi connectivity index (χ1v) is 10.8. The van der Waals surface area contributed by atoms with Crippen molar-refractivity contribution >= 4 is 6.03 Å². The van der Waals surface area contributed by atoms with E-state index in [0.717, 1.165) is 52.0 Å². The van der Waals surface area contributed by atoms with Crippen molar-refractivity contribution in [3.63, 3.8) is 0 Å². The smallest absolute Gasteiger partial charge is 0.317 e. The quantitative estimate of drug-likeness (QED) is 0.866. The fraction of sp³-hybridized carbons (Fsp3) is 0.682. The Bertz CT molecular complexity index is 594. The Kier molecular flexibility index (Phi) is 6.30. The van der Waals surface area contributed by atoms with E-state index in [4.69, 9.17) is 0 Å². The summed E-state index contributed by atoms with van der Waals surface area (Å²) in [6, 6.07) is 11.6. The van der Waals surface area contributed by atoms with Gasteiger partial charge < -0.3 is 15.1 Å². The maximum atomic E-state index is 12.9. The van der Waals surface area contributed by atoms with Crippen LogP contribution in [0.15, 0.2) is 30.3 Å². The molecule has 3 heterocycles. The Balaban J connectivity index is 1.21. The Morgan fingerprint density at radius 2 is 1.63 bits per heavy atom. The number of urea groups is 1. The van der Waals surface area contributed by atoms with Crippen molar-refractivity contribution in [3.05, 3.63) is 35.9 Å². The summed E-state index contributed by atoms with van der Waals surface area (Å²) in [5, 5.41) is 3.34. The second kappa shape index (κ2) is 9.07. The third-order valence-electron chi connectivity index (χ3n) is 6.47. The summed E-state index contributed by atoms with van der Waals surface area (Å²) in [6.07, 6.45) is 7.08. The highest BCUT2D eigenvalue weighted by Gasteiger charge is 2.32. The highest BCUT2D eigenvalue weighted by molar-refractivity contribution is 5.75. The lowest BCUT2D eigenvalue weighted by Crippen LogP contribution is -2.52. The molecule has 0 spiro atoms. The number of benzene rings is 1. The number of carbonyl (C=O) groups is 1. The summed E-state index contributed by atoms with van der Waals surface area (Å²) in [5.74, 6) is 0. The van der Waals surface area contributed by atoms with E-state index in [2.05, 4.69) is 50.3 Å². The van der Waals surface area contributed by atoms with Crippen LogP contribution in [0.25, 0.3) is 0 Å². The molecule has 3 saturated heterocycles. The molecular formula is C22H34N4O. The molecule has 5 heteroatoms. The molecule has 4 rings (SSSR count). The molecule has 1 N–H and O–H groups in total. The monoisotopic (exact) mass is 370 g/mol. The minimum Gasteiger partial charge on any atom is -0.335 e. The van der Waals surface area contributed by atoms with Crippen LogP contribution in [0.4, 0.5) is 4.79 Å². The number of hydrogen-bond acceptors (Lipinski definition) is 3. The average Bonchev–Trinajstić information content (AvgIpc) is 3.37. The highest BCUT2D eigenvalue weighted by Crippen LogP contribution is 2.21. The molecule has 3 aliphatic heterocycles. The van der Waals surface area contributed by atoms with Crippen LogP contribution in [-0.4, -0.2) is 72.1 Å². The van der Waals surface area contributed by atoms with Gasteiger partial charge in [0.15, 0.2) is 0 Å². The standard InChI is InChI=1S/C22H34N4O/c27-22(26-14-6-9-21(26)18-24-12-4-5-13-24)23-20-10-15-25(16-11-20)17-19-7-2-1-3-8-19/h1-3,7-8,20-21H,4-6,9-18H2,(H,23,27). The van der Waals surface area contributed by atoms with Crippen LogP contribution in [-0.2, 0) is 6.54 Å². The fourth-order valence-corrected chi connectivity index (χ4v) is 4.89. The lowest BCUT2D eigenvalue weighted by molar-refractivity contribution is 0.156. The number of nitrogens with one attached hydrogen (secondary N) is 1. The predicted octanol–water partition coefficient (Wildman–Crippen LogP) is 2.92. The number of amides is 2. The number of piperidine rings is 1. The van der Waals surface area contributed by atoms with Gasteiger partial charge in [0.25, 0.3) is 0 Å². The molecular weight excluding hydrogens is 336 g/mol. The second-order valence-electron chi connectivity index (χ2n) is 8.48. The van der Waals surface area contributed by atoms with Gasteiger partial charge in [0, 0.05) is 44.8 Å². The highest BCUT2D eigenvalue weighted by atomic mass is 16.2. The molecule has 0 aromatic heterocycles. The molecule has 1 aromatic rings. The van der Waals surface area contributed by atoms with E-state index in [9.17, 15) is 4.79 Å². The van der Waals surface area contributed by atoms with Crippen molar-refractivity contribution < 1.29 is 4.79 Å². The minimum absolute atomic E-state index is 0.179. The summed E-state index contributed by atoms with van der Waals surface area (Å²) in [6.45, 7) is 7.58. The van der Waals surface area contributed by atoms with Crippen molar-refractivity contribution in [1.82, 2.24) is 20.0 Å². The Labute approximate surface area is 163 Å². The molecule has 2 amide bonds. The van der Waals surface area contributed by atoms with E-state index in [-0.39, 0.29) is 6.03 Å². The summed E-state index contributed by atoms with van der Waals surface area (Å²) in [7, 11) is 0. The Morgan fingerprint density at radius 1 is 0.889 bits per heavy atom. The lowest BCUT2D eigenvalue weighted by Gasteiger charge is -2.34. The van der Waals surface area contributed by atoms with Gasteiger partial charge in [0.2, 0.25) is 0 Å². The third kappa shape index (κ3) is 5.02. The van der Waals surface area contributed by atoms with Gasteiger partial charge in [0.05, 0.1) is 0 Å². The average molecular weight is 371 g/mol. The predicted molar refractivity (Wildman–Crippen MR) is 109 cm³/mol. The molecule has 0 aliphatic carbocycles. The van der Waals surface area contributed by atoms with Gasteiger partial charge in [-0.05, 0) is 57.2 Å². The van der Waals surface area contributed by atoms with Crippen LogP contribution in [0, 0.1) is 0 Å². The molecule has 3 fully saturated rings. The maximum absolute atomic E-state index is 12.9. The zero-order chi connectivity index (χ0) is 18.5. The van der Waals surface area contributed by atoms with E-state index >= 15 is 0 Å². The molecule has 0 radical (unpaired) electrons. The van der Waals surface area contributed by atoms with E-state index in [1.54, 1.807) is 0 Å². The van der Waals surface area contributed by atoms with Gasteiger partial charge >= 0.3 is 6.03 Å². The van der Waals surface area contributed by atoms with Crippen LogP contribution in [0.1, 0.15) is 44.1 Å². The van der Waals surface area contributed by atoms with Crippen molar-refractivity contribution in [2.45, 2.75) is 57.2 Å². The summed E-state index contributed by atoms with van der Waals surface area (Å²) >= 11 is 0. The summed E-state index contributed by atoms with van der Waals surface area (Å²) < 4.78 is 0. The summed E-state index contributed by atoms with van der Waals surface area (Å²) in [5.41, 5.74) is 1.38. The molecule has 1 unspecified atom stereocenters. The molecule has 1 aromatic carbocycles. The molecule has 3 aliphatic rings. The van der Waals surface area contributed by atoms with E-state index in [1.807, 2.05) is 0 Å². The van der Waals surface area contributed by atoms with Gasteiger partial charge in [0.1, 0.15) is 0 Å². The number of carbonyl (C=O) groups excluding carboxylic acids is 1. The second-order valence-corrected chi connectivity index (χ2v) is 8.48. The van der Waals surface area contributed by atoms with Crippen LogP contribution < -0.4 is 5.32 Å². The number of likely N-dealkylation sites (tertiary alicyclic amines) is 3. The Hall–Kier alpha value is -1.59. The molecule has 0 saturated carbocycles. The van der Waals surface area contributed by atoms with Crippen molar-refractivity contribution in [2.75, 3.05) is 39.3 Å². The van der Waals surface area contributed by atoms with Crippen molar-refractivity contribution in [1.29, 1.82) is 0 Å². The largest absolute Gasteiger partial charge is 0.335 e. The van der Waals surface area contributed by atoms with Gasteiger partial charge in [-0.15, -0.1) is 0 Å². The number of rotatable bonds is 5. The van der Waals surface area contributed by atoms with Crippen LogP contribution in [0.2, 0.25) is 0 Å². The van der Waals surface area contributed by atoms with Gasteiger partial charge in [-0.1, -0.05) is 30.3 Å². The maximum Gasteiger partial charge on any atom is 0.317 e. The topological polar surface area (TPSA) is 38.8 Å². The zero-order valence-electron chi connectivity index (χ0n) is 16.5. The first-order chi connectivity index (χ1) is 13.3. The van der Waals surface area contributed by atoms with Gasteiger partial charge in [-0.2, -0.15) is 0 Å².